The summed E-state index contributed by atoms with van der Waals surface area (Å²) in [7, 11) is -3.77. The second-order valence-corrected chi connectivity index (χ2v) is 9.52. The van der Waals surface area contributed by atoms with Crippen LogP contribution in [0.25, 0.3) is 0 Å². The van der Waals surface area contributed by atoms with Gasteiger partial charge in [0.05, 0.1) is 4.90 Å². The first-order chi connectivity index (χ1) is 14.6. The fourth-order valence-electron chi connectivity index (χ4n) is 2.93. The first-order valence-corrected chi connectivity index (χ1v) is 11.6. The van der Waals surface area contributed by atoms with E-state index in [-0.39, 0.29) is 10.7 Å². The number of rotatable bonds is 6. The van der Waals surface area contributed by atoms with Crippen LogP contribution in [0.15, 0.2) is 59.5 Å². The lowest BCUT2D eigenvalue weighted by Gasteiger charge is -2.13. The molecule has 0 bridgehead atoms. The number of aromatic nitrogens is 2. The maximum Gasteiger partial charge on any atom is 0.263 e. The smallest absolute Gasteiger partial charge is 0.263 e. The summed E-state index contributed by atoms with van der Waals surface area (Å²) in [5, 5.41) is 6.59. The normalized spacial score (nSPS) is 11.3. The molecule has 0 aliphatic heterocycles. The molecule has 1 heterocycles. The molecule has 3 rings (SSSR count). The average molecular weight is 456 g/mol. The van der Waals surface area contributed by atoms with Gasteiger partial charge in [0, 0.05) is 23.1 Å². The third kappa shape index (κ3) is 6.22. The highest BCUT2D eigenvalue weighted by Crippen LogP contribution is 2.19. The second-order valence-electron chi connectivity index (χ2n) is 7.43. The Hall–Kier alpha value is -3.04. The van der Waals surface area contributed by atoms with Gasteiger partial charge in [0.25, 0.3) is 10.0 Å². The summed E-state index contributed by atoms with van der Waals surface area (Å²) < 4.78 is 27.8. The van der Waals surface area contributed by atoms with Crippen LogP contribution in [0, 0.1) is 13.8 Å². The fraction of sp³-hybridized carbons (Fsp3) is 0.227. The molecule has 0 aliphatic carbocycles. The zero-order valence-electron chi connectivity index (χ0n) is 17.8. The lowest BCUT2D eigenvalue weighted by Crippen LogP contribution is -2.19. The van der Waals surface area contributed by atoms with Gasteiger partial charge in [0.1, 0.15) is 11.6 Å². The van der Waals surface area contributed by atoms with E-state index in [1.54, 1.807) is 32.0 Å². The number of hydrogen-bond donors (Lipinski definition) is 3. The first kappa shape index (κ1) is 22.6. The van der Waals surface area contributed by atoms with Crippen LogP contribution >= 0.6 is 12.2 Å². The van der Waals surface area contributed by atoms with E-state index in [0.717, 1.165) is 5.69 Å². The predicted molar refractivity (Wildman–Crippen MR) is 129 cm³/mol. The highest BCUT2D eigenvalue weighted by molar-refractivity contribution is 7.92. The van der Waals surface area contributed by atoms with E-state index in [1.807, 2.05) is 12.1 Å². The number of benzene rings is 2. The maximum absolute atomic E-state index is 12.6. The Balaban J connectivity index is 1.64. The van der Waals surface area contributed by atoms with E-state index >= 15 is 0 Å². The van der Waals surface area contributed by atoms with Crippen molar-refractivity contribution in [3.05, 3.63) is 71.7 Å². The van der Waals surface area contributed by atoms with Crippen LogP contribution in [0.3, 0.4) is 0 Å². The molecule has 2 aromatic carbocycles. The molecule has 0 unspecified atom stereocenters. The predicted octanol–water partition coefficient (Wildman–Crippen LogP) is 4.83. The summed E-state index contributed by atoms with van der Waals surface area (Å²) in [5.74, 6) is 1.20. The number of sulfonamides is 1. The Morgan fingerprint density at radius 2 is 1.45 bits per heavy atom. The van der Waals surface area contributed by atoms with E-state index in [1.165, 1.54) is 17.7 Å². The summed E-state index contributed by atoms with van der Waals surface area (Å²) in [6.07, 6.45) is 0. The van der Waals surface area contributed by atoms with Crippen LogP contribution in [0.2, 0.25) is 0 Å². The van der Waals surface area contributed by atoms with E-state index in [4.69, 9.17) is 12.2 Å². The van der Waals surface area contributed by atoms with Gasteiger partial charge in [-0.3, -0.25) is 4.72 Å². The van der Waals surface area contributed by atoms with Crippen molar-refractivity contribution in [2.45, 2.75) is 38.5 Å². The summed E-state index contributed by atoms with van der Waals surface area (Å²) in [6.45, 7) is 7.77. The third-order valence-corrected chi connectivity index (χ3v) is 6.04. The highest BCUT2D eigenvalue weighted by atomic mass is 32.2. The zero-order valence-corrected chi connectivity index (χ0v) is 19.4. The van der Waals surface area contributed by atoms with Crippen molar-refractivity contribution in [3.8, 4) is 0 Å². The summed E-state index contributed by atoms with van der Waals surface area (Å²) >= 11 is 5.35. The number of thiocarbonyl (C=S) groups is 1. The summed E-state index contributed by atoms with van der Waals surface area (Å²) in [6, 6.07) is 16.0. The number of nitrogens with zero attached hydrogens (tertiary/aromatic N) is 2. The topological polar surface area (TPSA) is 96.0 Å². The van der Waals surface area contributed by atoms with Crippen molar-refractivity contribution in [1.29, 1.82) is 0 Å². The Bertz CT molecular complexity index is 1160. The van der Waals surface area contributed by atoms with Crippen molar-refractivity contribution in [2.75, 3.05) is 15.4 Å². The van der Waals surface area contributed by atoms with Crippen LogP contribution in [-0.4, -0.2) is 23.5 Å². The number of anilines is 3. The molecule has 3 N–H and O–H groups in total. The molecule has 0 saturated carbocycles. The Morgan fingerprint density at radius 1 is 0.903 bits per heavy atom. The minimum absolute atomic E-state index is 0.120. The van der Waals surface area contributed by atoms with Crippen molar-refractivity contribution in [3.63, 3.8) is 0 Å². The minimum atomic E-state index is -3.77. The highest BCUT2D eigenvalue weighted by Gasteiger charge is 2.15. The van der Waals surface area contributed by atoms with Gasteiger partial charge in [-0.25, -0.2) is 18.4 Å². The minimum Gasteiger partial charge on any atom is -0.332 e. The molecular weight excluding hydrogens is 430 g/mol. The molecule has 31 heavy (non-hydrogen) atoms. The van der Waals surface area contributed by atoms with Gasteiger partial charge >= 0.3 is 0 Å². The maximum atomic E-state index is 12.6. The van der Waals surface area contributed by atoms with Gasteiger partial charge in [-0.15, -0.1) is 0 Å². The van der Waals surface area contributed by atoms with Gasteiger partial charge in [-0.2, -0.15) is 0 Å². The second kappa shape index (κ2) is 9.40. The molecule has 0 fully saturated rings. The van der Waals surface area contributed by atoms with Crippen LogP contribution in [0.1, 0.15) is 36.8 Å². The standard InChI is InChI=1S/C22H25N5O2S2/c1-14(2)17-5-7-18(8-6-17)25-22(30)26-19-9-11-20(12-10-19)31(28,29)27-21-13-15(3)23-16(4)24-21/h5-14H,1-4H3,(H,23,24,27)(H2,25,26,30). The van der Waals surface area contributed by atoms with E-state index in [9.17, 15) is 8.42 Å². The lowest BCUT2D eigenvalue weighted by molar-refractivity contribution is 0.601. The van der Waals surface area contributed by atoms with Crippen molar-refractivity contribution >= 4 is 44.5 Å². The number of aryl methyl sites for hydroxylation is 2. The third-order valence-electron chi connectivity index (χ3n) is 4.46. The Kier molecular flexibility index (Phi) is 6.87. The molecule has 3 aromatic rings. The van der Waals surface area contributed by atoms with E-state index < -0.39 is 10.0 Å². The van der Waals surface area contributed by atoms with E-state index in [2.05, 4.69) is 51.3 Å². The van der Waals surface area contributed by atoms with Crippen molar-refractivity contribution in [1.82, 2.24) is 9.97 Å². The molecule has 0 spiro atoms. The molecule has 0 aliphatic rings. The van der Waals surface area contributed by atoms with Crippen LogP contribution in [0.5, 0.6) is 0 Å². The first-order valence-electron chi connectivity index (χ1n) is 9.75. The van der Waals surface area contributed by atoms with Gasteiger partial charge in [0.15, 0.2) is 5.11 Å². The van der Waals surface area contributed by atoms with Crippen LogP contribution < -0.4 is 15.4 Å². The zero-order chi connectivity index (χ0) is 22.6. The average Bonchev–Trinajstić information content (AvgIpc) is 2.67. The monoisotopic (exact) mass is 455 g/mol. The van der Waals surface area contributed by atoms with Crippen LogP contribution in [0.4, 0.5) is 17.2 Å². The largest absolute Gasteiger partial charge is 0.332 e. The van der Waals surface area contributed by atoms with Gasteiger partial charge in [-0.05, 0) is 73.9 Å². The number of hydrogen-bond acceptors (Lipinski definition) is 5. The van der Waals surface area contributed by atoms with Gasteiger partial charge < -0.3 is 10.6 Å². The molecule has 7 nitrogen and oxygen atoms in total. The lowest BCUT2D eigenvalue weighted by atomic mass is 10.0. The molecular formula is C22H25N5O2S2. The van der Waals surface area contributed by atoms with Crippen LogP contribution in [-0.2, 0) is 10.0 Å². The molecule has 9 heteroatoms. The van der Waals surface area contributed by atoms with Crippen molar-refractivity contribution < 1.29 is 8.42 Å². The Labute approximate surface area is 188 Å². The van der Waals surface area contributed by atoms with Crippen molar-refractivity contribution in [2.24, 2.45) is 0 Å². The molecule has 0 amide bonds. The molecule has 1 aromatic heterocycles. The summed E-state index contributed by atoms with van der Waals surface area (Å²) in [5.41, 5.74) is 3.48. The van der Waals surface area contributed by atoms with E-state index in [0.29, 0.717) is 28.2 Å². The SMILES string of the molecule is Cc1cc(NS(=O)(=O)c2ccc(NC(=S)Nc3ccc(C(C)C)cc3)cc2)nc(C)n1. The quantitative estimate of drug-likeness (QED) is 0.458. The summed E-state index contributed by atoms with van der Waals surface area (Å²) in [4.78, 5) is 8.38. The molecule has 162 valence electrons. The van der Waals surface area contributed by atoms with Gasteiger partial charge in [-0.1, -0.05) is 26.0 Å². The number of nitrogens with one attached hydrogen (secondary N) is 3. The Morgan fingerprint density at radius 3 is 1.97 bits per heavy atom. The molecule has 0 saturated heterocycles. The molecule has 0 atom stereocenters. The fourth-order valence-corrected chi connectivity index (χ4v) is 4.16. The molecule has 0 radical (unpaired) electrons. The van der Waals surface area contributed by atoms with Gasteiger partial charge in [0.2, 0.25) is 0 Å².